The van der Waals surface area contributed by atoms with Gasteiger partial charge in [-0.15, -0.1) is 0 Å². The predicted octanol–water partition coefficient (Wildman–Crippen LogP) is 5.28. The Morgan fingerprint density at radius 3 is 2.15 bits per heavy atom. The number of hydrogen-bond acceptors (Lipinski definition) is 3. The van der Waals surface area contributed by atoms with Crippen LogP contribution in [0.1, 0.15) is 0 Å². The Morgan fingerprint density at radius 1 is 0.667 bits per heavy atom. The maximum absolute atomic E-state index is 4.82. The molecule has 0 N–H and O–H groups in total. The number of fused-ring (bicyclic) bond motifs is 5. The van der Waals surface area contributed by atoms with Crippen LogP contribution < -0.4 is 0 Å². The van der Waals surface area contributed by atoms with Gasteiger partial charge in [-0.3, -0.25) is 9.55 Å². The van der Waals surface area contributed by atoms with Crippen molar-refractivity contribution in [3.05, 3.63) is 85.3 Å². The third kappa shape index (κ3) is 2.01. The third-order valence-corrected chi connectivity index (χ3v) is 5.11. The first-order valence-corrected chi connectivity index (χ1v) is 8.88. The van der Waals surface area contributed by atoms with Crippen LogP contribution in [0, 0.1) is 0 Å². The Kier molecular flexibility index (Phi) is 2.85. The maximum Gasteiger partial charge on any atom is 0.147 e. The average Bonchev–Trinajstić information content (AvgIpc) is 3.06. The average molecular weight is 346 g/mol. The highest BCUT2D eigenvalue weighted by molar-refractivity contribution is 6.10. The zero-order valence-corrected chi connectivity index (χ0v) is 14.4. The van der Waals surface area contributed by atoms with E-state index in [0.29, 0.717) is 0 Å². The molecule has 2 aromatic carbocycles. The summed E-state index contributed by atoms with van der Waals surface area (Å²) in [6.45, 7) is 0. The summed E-state index contributed by atoms with van der Waals surface area (Å²) in [6, 6.07) is 23.0. The zero-order chi connectivity index (χ0) is 17.8. The Bertz CT molecular complexity index is 1430. The normalized spacial score (nSPS) is 11.7. The molecule has 6 rings (SSSR count). The summed E-state index contributed by atoms with van der Waals surface area (Å²) in [4.78, 5) is 13.8. The van der Waals surface area contributed by atoms with Gasteiger partial charge < -0.3 is 0 Å². The van der Waals surface area contributed by atoms with Crippen LogP contribution in [0.4, 0.5) is 0 Å². The minimum atomic E-state index is 0.892. The van der Waals surface area contributed by atoms with Gasteiger partial charge in [0.15, 0.2) is 0 Å². The molecule has 4 heteroatoms. The molecule has 0 bridgehead atoms. The monoisotopic (exact) mass is 346 g/mol. The standard InChI is InChI=1S/C23H14N4/c1-3-7-21-16(5-1)17-6-2-4-8-22(17)27(21)23-18-13-15-14-24-11-9-19(15)26-20(18)10-12-25-23/h1-14H. The van der Waals surface area contributed by atoms with Crippen molar-refractivity contribution in [3.8, 4) is 5.82 Å². The lowest BCUT2D eigenvalue weighted by Gasteiger charge is -2.10. The topological polar surface area (TPSA) is 43.6 Å². The highest BCUT2D eigenvalue weighted by Crippen LogP contribution is 2.33. The van der Waals surface area contributed by atoms with E-state index in [2.05, 4.69) is 64.1 Å². The molecule has 0 saturated carbocycles. The van der Waals surface area contributed by atoms with Crippen molar-refractivity contribution in [3.63, 3.8) is 0 Å². The lowest BCUT2D eigenvalue weighted by Crippen LogP contribution is -1.99. The quantitative estimate of drug-likeness (QED) is 0.381. The molecule has 0 spiro atoms. The van der Waals surface area contributed by atoms with Crippen LogP contribution in [0.15, 0.2) is 85.3 Å². The third-order valence-electron chi connectivity index (χ3n) is 5.11. The van der Waals surface area contributed by atoms with Gasteiger partial charge in [0.1, 0.15) is 5.82 Å². The second kappa shape index (κ2) is 5.35. The first kappa shape index (κ1) is 14.4. The van der Waals surface area contributed by atoms with Crippen molar-refractivity contribution in [1.29, 1.82) is 0 Å². The van der Waals surface area contributed by atoms with Crippen LogP contribution >= 0.6 is 0 Å². The Hall–Kier alpha value is -3.79. The van der Waals surface area contributed by atoms with Crippen LogP contribution in [-0.2, 0) is 0 Å². The van der Waals surface area contributed by atoms with E-state index in [1.165, 1.54) is 10.8 Å². The van der Waals surface area contributed by atoms with Gasteiger partial charge in [-0.05, 0) is 30.3 Å². The summed E-state index contributed by atoms with van der Waals surface area (Å²) in [5.74, 6) is 0.892. The number of hydrogen-bond donors (Lipinski definition) is 0. The molecule has 4 aromatic heterocycles. The van der Waals surface area contributed by atoms with Gasteiger partial charge in [-0.2, -0.15) is 0 Å². The molecule has 4 heterocycles. The van der Waals surface area contributed by atoms with E-state index in [0.717, 1.165) is 38.7 Å². The fraction of sp³-hybridized carbons (Fsp3) is 0. The Labute approximate surface area is 154 Å². The largest absolute Gasteiger partial charge is 0.293 e. The predicted molar refractivity (Wildman–Crippen MR) is 109 cm³/mol. The first-order chi connectivity index (χ1) is 13.4. The van der Waals surface area contributed by atoms with Crippen LogP contribution in [-0.4, -0.2) is 19.5 Å². The van der Waals surface area contributed by atoms with E-state index in [9.17, 15) is 0 Å². The molecule has 0 radical (unpaired) electrons. The van der Waals surface area contributed by atoms with Crippen molar-refractivity contribution < 1.29 is 0 Å². The molecular formula is C23H14N4. The zero-order valence-electron chi connectivity index (χ0n) is 14.4. The van der Waals surface area contributed by atoms with Gasteiger partial charge in [0.25, 0.3) is 0 Å². The van der Waals surface area contributed by atoms with Crippen LogP contribution in [0.25, 0.3) is 49.4 Å². The first-order valence-electron chi connectivity index (χ1n) is 8.88. The van der Waals surface area contributed by atoms with E-state index < -0.39 is 0 Å². The van der Waals surface area contributed by atoms with Gasteiger partial charge >= 0.3 is 0 Å². The van der Waals surface area contributed by atoms with Crippen molar-refractivity contribution in [2.24, 2.45) is 0 Å². The van der Waals surface area contributed by atoms with Gasteiger partial charge in [0.2, 0.25) is 0 Å². The highest BCUT2D eigenvalue weighted by atomic mass is 15.1. The van der Waals surface area contributed by atoms with Gasteiger partial charge in [0.05, 0.1) is 22.1 Å². The molecule has 0 aliphatic rings. The Morgan fingerprint density at radius 2 is 1.37 bits per heavy atom. The molecule has 0 saturated heterocycles. The lowest BCUT2D eigenvalue weighted by atomic mass is 10.2. The number of benzene rings is 2. The lowest BCUT2D eigenvalue weighted by molar-refractivity contribution is 1.10. The molecule has 126 valence electrons. The number of pyridine rings is 3. The SMILES string of the molecule is c1ccc2c(c1)c1ccccc1n2-c1nccc2nc3ccncc3cc12. The number of nitrogens with zero attached hydrogens (tertiary/aromatic N) is 4. The van der Waals surface area contributed by atoms with Crippen molar-refractivity contribution in [1.82, 2.24) is 19.5 Å². The van der Waals surface area contributed by atoms with E-state index in [1.807, 2.05) is 24.5 Å². The number of rotatable bonds is 1. The van der Waals surface area contributed by atoms with Gasteiger partial charge in [0, 0.05) is 40.1 Å². The van der Waals surface area contributed by atoms with E-state index in [4.69, 9.17) is 9.97 Å². The second-order valence-corrected chi connectivity index (χ2v) is 6.63. The molecular weight excluding hydrogens is 332 g/mol. The number of aromatic nitrogens is 4. The summed E-state index contributed by atoms with van der Waals surface area (Å²) in [5.41, 5.74) is 4.16. The van der Waals surface area contributed by atoms with Crippen LogP contribution in [0.3, 0.4) is 0 Å². The van der Waals surface area contributed by atoms with Crippen molar-refractivity contribution in [2.45, 2.75) is 0 Å². The van der Waals surface area contributed by atoms with Gasteiger partial charge in [-0.1, -0.05) is 36.4 Å². The minimum absolute atomic E-state index is 0.892. The van der Waals surface area contributed by atoms with Gasteiger partial charge in [-0.25, -0.2) is 9.97 Å². The maximum atomic E-state index is 4.82. The van der Waals surface area contributed by atoms with E-state index >= 15 is 0 Å². The molecule has 0 atom stereocenters. The molecule has 6 aromatic rings. The second-order valence-electron chi connectivity index (χ2n) is 6.63. The number of para-hydroxylation sites is 2. The molecule has 27 heavy (non-hydrogen) atoms. The molecule has 0 aliphatic carbocycles. The highest BCUT2D eigenvalue weighted by Gasteiger charge is 2.15. The van der Waals surface area contributed by atoms with E-state index in [-0.39, 0.29) is 0 Å². The fourth-order valence-corrected chi connectivity index (χ4v) is 3.91. The molecule has 0 amide bonds. The molecule has 0 unspecified atom stereocenters. The van der Waals surface area contributed by atoms with Crippen molar-refractivity contribution in [2.75, 3.05) is 0 Å². The van der Waals surface area contributed by atoms with Crippen LogP contribution in [0.2, 0.25) is 0 Å². The van der Waals surface area contributed by atoms with Crippen molar-refractivity contribution >= 4 is 43.6 Å². The molecule has 4 nitrogen and oxygen atoms in total. The molecule has 0 fully saturated rings. The summed E-state index contributed by atoms with van der Waals surface area (Å²) in [7, 11) is 0. The molecule has 0 aliphatic heterocycles. The van der Waals surface area contributed by atoms with E-state index in [1.54, 1.807) is 6.20 Å². The Balaban J connectivity index is 1.81. The summed E-state index contributed by atoms with van der Waals surface area (Å²) < 4.78 is 2.23. The van der Waals surface area contributed by atoms with Crippen LogP contribution in [0.5, 0.6) is 0 Å². The summed E-state index contributed by atoms with van der Waals surface area (Å²) in [6.07, 6.45) is 5.46. The summed E-state index contributed by atoms with van der Waals surface area (Å²) >= 11 is 0. The summed E-state index contributed by atoms with van der Waals surface area (Å²) in [5, 5.41) is 4.48. The minimum Gasteiger partial charge on any atom is -0.293 e. The fourth-order valence-electron chi connectivity index (χ4n) is 3.91. The smallest absolute Gasteiger partial charge is 0.147 e.